The van der Waals surface area contributed by atoms with E-state index >= 15 is 0 Å². The number of nitrogens with zero attached hydrogens (tertiary/aromatic N) is 2. The number of carbonyl (C=O) groups excluding carboxylic acids is 1. The number of imidazole rings is 1. The smallest absolute Gasteiger partial charge is 0.305 e. The van der Waals surface area contributed by atoms with Crippen LogP contribution in [0.2, 0.25) is 0 Å². The first-order chi connectivity index (χ1) is 8.11. The fourth-order valence-electron chi connectivity index (χ4n) is 1.44. The molecule has 0 atom stereocenters. The summed E-state index contributed by atoms with van der Waals surface area (Å²) in [5, 5.41) is 3.31. The normalized spacial score (nSPS) is 10.8. The SMILES string of the molecule is COC(=O)CCCn1cnc(CNC(C)C)c1. The Balaban J connectivity index is 2.28. The molecule has 5 heteroatoms. The zero-order chi connectivity index (χ0) is 12.7. The maximum Gasteiger partial charge on any atom is 0.305 e. The molecule has 0 aliphatic carbocycles. The Morgan fingerprint density at radius 1 is 1.59 bits per heavy atom. The van der Waals surface area contributed by atoms with E-state index in [-0.39, 0.29) is 5.97 Å². The van der Waals surface area contributed by atoms with Crippen LogP contribution in [0.5, 0.6) is 0 Å². The second-order valence-corrected chi connectivity index (χ2v) is 4.32. The second-order valence-electron chi connectivity index (χ2n) is 4.32. The lowest BCUT2D eigenvalue weighted by atomic mass is 10.3. The molecule has 0 amide bonds. The lowest BCUT2D eigenvalue weighted by Gasteiger charge is -2.05. The minimum Gasteiger partial charge on any atom is -0.469 e. The molecular formula is C12H21N3O2. The molecule has 1 heterocycles. The quantitative estimate of drug-likeness (QED) is 0.729. The fourth-order valence-corrected chi connectivity index (χ4v) is 1.44. The predicted molar refractivity (Wildman–Crippen MR) is 65.5 cm³/mol. The number of rotatable bonds is 7. The Bertz CT molecular complexity index is 347. The van der Waals surface area contributed by atoms with Crippen molar-refractivity contribution < 1.29 is 9.53 Å². The van der Waals surface area contributed by atoms with Crippen LogP contribution in [0.25, 0.3) is 0 Å². The van der Waals surface area contributed by atoms with Gasteiger partial charge in [0.1, 0.15) is 0 Å². The number of carbonyl (C=O) groups is 1. The van der Waals surface area contributed by atoms with Crippen LogP contribution >= 0.6 is 0 Å². The van der Waals surface area contributed by atoms with Gasteiger partial charge in [-0.1, -0.05) is 13.8 Å². The van der Waals surface area contributed by atoms with Gasteiger partial charge in [0, 0.05) is 31.7 Å². The van der Waals surface area contributed by atoms with E-state index < -0.39 is 0 Å². The van der Waals surface area contributed by atoms with Crippen LogP contribution in [0.3, 0.4) is 0 Å². The summed E-state index contributed by atoms with van der Waals surface area (Å²) < 4.78 is 6.58. The van der Waals surface area contributed by atoms with E-state index in [2.05, 4.69) is 28.9 Å². The van der Waals surface area contributed by atoms with Gasteiger partial charge in [0.2, 0.25) is 0 Å². The third kappa shape index (κ3) is 5.49. The number of hydrogen-bond acceptors (Lipinski definition) is 4. The highest BCUT2D eigenvalue weighted by atomic mass is 16.5. The zero-order valence-corrected chi connectivity index (χ0v) is 10.8. The van der Waals surface area contributed by atoms with E-state index in [0.717, 1.165) is 25.2 Å². The summed E-state index contributed by atoms with van der Waals surface area (Å²) in [4.78, 5) is 15.2. The van der Waals surface area contributed by atoms with E-state index in [9.17, 15) is 4.79 Å². The Hall–Kier alpha value is -1.36. The molecular weight excluding hydrogens is 218 g/mol. The Morgan fingerprint density at radius 3 is 3.00 bits per heavy atom. The van der Waals surface area contributed by atoms with Crippen molar-refractivity contribution in [2.45, 2.75) is 45.8 Å². The maximum absolute atomic E-state index is 10.9. The number of methoxy groups -OCH3 is 1. The highest BCUT2D eigenvalue weighted by molar-refractivity contribution is 5.68. The van der Waals surface area contributed by atoms with Crippen LogP contribution in [-0.4, -0.2) is 28.7 Å². The van der Waals surface area contributed by atoms with Crippen molar-refractivity contribution in [2.75, 3.05) is 7.11 Å². The first-order valence-electron chi connectivity index (χ1n) is 5.92. The zero-order valence-electron chi connectivity index (χ0n) is 10.8. The van der Waals surface area contributed by atoms with Gasteiger partial charge >= 0.3 is 5.97 Å². The summed E-state index contributed by atoms with van der Waals surface area (Å²) >= 11 is 0. The third-order valence-electron chi connectivity index (χ3n) is 2.40. The molecule has 17 heavy (non-hydrogen) atoms. The molecule has 0 saturated heterocycles. The van der Waals surface area contributed by atoms with Crippen LogP contribution < -0.4 is 5.32 Å². The molecule has 1 aromatic rings. The highest BCUT2D eigenvalue weighted by Gasteiger charge is 2.02. The van der Waals surface area contributed by atoms with Crippen molar-refractivity contribution in [2.24, 2.45) is 0 Å². The average molecular weight is 239 g/mol. The molecule has 5 nitrogen and oxygen atoms in total. The van der Waals surface area contributed by atoms with Gasteiger partial charge < -0.3 is 14.6 Å². The Kier molecular flexibility index (Phi) is 5.69. The molecule has 1 rings (SSSR count). The van der Waals surface area contributed by atoms with E-state index in [1.54, 1.807) is 6.33 Å². The molecule has 0 fully saturated rings. The lowest BCUT2D eigenvalue weighted by molar-refractivity contribution is -0.140. The van der Waals surface area contributed by atoms with Crippen molar-refractivity contribution in [3.05, 3.63) is 18.2 Å². The topological polar surface area (TPSA) is 56.2 Å². The molecule has 0 bridgehead atoms. The number of hydrogen-bond donors (Lipinski definition) is 1. The second kappa shape index (κ2) is 7.06. The number of nitrogens with one attached hydrogen (secondary N) is 1. The van der Waals surface area contributed by atoms with Crippen molar-refractivity contribution in [3.63, 3.8) is 0 Å². The molecule has 0 aliphatic heterocycles. The molecule has 0 radical (unpaired) electrons. The van der Waals surface area contributed by atoms with E-state index in [1.807, 2.05) is 10.8 Å². The lowest BCUT2D eigenvalue weighted by Crippen LogP contribution is -2.21. The first kappa shape index (κ1) is 13.7. The fraction of sp³-hybridized carbons (Fsp3) is 0.667. The summed E-state index contributed by atoms with van der Waals surface area (Å²) in [5.41, 5.74) is 1.02. The van der Waals surface area contributed by atoms with E-state index in [1.165, 1.54) is 7.11 Å². The molecule has 0 spiro atoms. The largest absolute Gasteiger partial charge is 0.469 e. The van der Waals surface area contributed by atoms with Gasteiger partial charge in [0.25, 0.3) is 0 Å². The van der Waals surface area contributed by atoms with Crippen molar-refractivity contribution in [3.8, 4) is 0 Å². The van der Waals surface area contributed by atoms with Crippen LogP contribution in [0, 0.1) is 0 Å². The number of aromatic nitrogens is 2. The van der Waals surface area contributed by atoms with Crippen LogP contribution in [0.1, 0.15) is 32.4 Å². The molecule has 0 saturated carbocycles. The third-order valence-corrected chi connectivity index (χ3v) is 2.40. The summed E-state index contributed by atoms with van der Waals surface area (Å²) in [6, 6.07) is 0.458. The molecule has 0 aliphatic rings. The summed E-state index contributed by atoms with van der Waals surface area (Å²) in [6.07, 6.45) is 5.04. The predicted octanol–water partition coefficient (Wildman–Crippen LogP) is 1.33. The van der Waals surface area contributed by atoms with Gasteiger partial charge in [0.05, 0.1) is 19.1 Å². The minimum absolute atomic E-state index is 0.160. The minimum atomic E-state index is -0.160. The Morgan fingerprint density at radius 2 is 2.35 bits per heavy atom. The number of ether oxygens (including phenoxy) is 1. The highest BCUT2D eigenvalue weighted by Crippen LogP contribution is 2.00. The molecule has 0 aromatic carbocycles. The average Bonchev–Trinajstić information content (AvgIpc) is 2.74. The van der Waals surface area contributed by atoms with Crippen LogP contribution in [0.4, 0.5) is 0 Å². The molecule has 1 aromatic heterocycles. The van der Waals surface area contributed by atoms with Crippen LogP contribution in [0.15, 0.2) is 12.5 Å². The van der Waals surface area contributed by atoms with Crippen molar-refractivity contribution in [1.82, 2.24) is 14.9 Å². The van der Waals surface area contributed by atoms with Gasteiger partial charge in [-0.05, 0) is 6.42 Å². The van der Waals surface area contributed by atoms with Crippen molar-refractivity contribution >= 4 is 5.97 Å². The summed E-state index contributed by atoms with van der Waals surface area (Å²) in [6.45, 7) is 5.78. The molecule has 96 valence electrons. The number of aryl methyl sites for hydroxylation is 1. The maximum atomic E-state index is 10.9. The van der Waals surface area contributed by atoms with Gasteiger partial charge in [-0.2, -0.15) is 0 Å². The summed E-state index contributed by atoms with van der Waals surface area (Å²) in [5.74, 6) is -0.160. The standard InChI is InChI=1S/C12H21N3O2/c1-10(2)13-7-11-8-15(9-14-11)6-4-5-12(16)17-3/h8-10,13H,4-7H2,1-3H3. The monoisotopic (exact) mass is 239 g/mol. The van der Waals surface area contributed by atoms with Gasteiger partial charge in [-0.15, -0.1) is 0 Å². The molecule has 0 unspecified atom stereocenters. The van der Waals surface area contributed by atoms with E-state index in [4.69, 9.17) is 0 Å². The van der Waals surface area contributed by atoms with Crippen LogP contribution in [-0.2, 0) is 22.6 Å². The van der Waals surface area contributed by atoms with Gasteiger partial charge in [0.15, 0.2) is 0 Å². The van der Waals surface area contributed by atoms with E-state index in [0.29, 0.717) is 12.5 Å². The summed E-state index contributed by atoms with van der Waals surface area (Å²) in [7, 11) is 1.41. The Labute approximate surface area is 102 Å². The van der Waals surface area contributed by atoms with Gasteiger partial charge in [-0.3, -0.25) is 4.79 Å². The molecule has 1 N–H and O–H groups in total. The van der Waals surface area contributed by atoms with Gasteiger partial charge in [-0.25, -0.2) is 4.98 Å². The first-order valence-corrected chi connectivity index (χ1v) is 5.92. The van der Waals surface area contributed by atoms with Crippen molar-refractivity contribution in [1.29, 1.82) is 0 Å². The number of esters is 1.